The summed E-state index contributed by atoms with van der Waals surface area (Å²) >= 11 is 0. The smallest absolute Gasteiger partial charge is 0.344 e. The Bertz CT molecular complexity index is 1160. The van der Waals surface area contributed by atoms with Gasteiger partial charge in [0, 0.05) is 18.0 Å². The van der Waals surface area contributed by atoms with Crippen molar-refractivity contribution in [2.75, 3.05) is 0 Å². The average Bonchev–Trinajstić information content (AvgIpc) is 3.37. The van der Waals surface area contributed by atoms with Crippen LogP contribution in [0.25, 0.3) is 5.82 Å². The number of carbonyl (C=O) groups is 1. The summed E-state index contributed by atoms with van der Waals surface area (Å²) in [7, 11) is 0. The predicted molar refractivity (Wildman–Crippen MR) is 101 cm³/mol. The van der Waals surface area contributed by atoms with Crippen LogP contribution in [0.3, 0.4) is 0 Å². The first-order valence-corrected chi connectivity index (χ1v) is 9.36. The lowest BCUT2D eigenvalue weighted by Gasteiger charge is -2.18. The Labute approximate surface area is 174 Å². The molecule has 4 rings (SSSR count). The molecule has 1 amide bonds. The summed E-state index contributed by atoms with van der Waals surface area (Å²) < 4.78 is 40.2. The first-order chi connectivity index (χ1) is 14.7. The van der Waals surface area contributed by atoms with Crippen LogP contribution < -0.4 is 5.32 Å². The van der Waals surface area contributed by atoms with Crippen molar-refractivity contribution < 1.29 is 18.0 Å². The molecule has 1 fully saturated rings. The maximum absolute atomic E-state index is 13.4. The highest BCUT2D eigenvalue weighted by Gasteiger charge is 2.46. The van der Waals surface area contributed by atoms with Gasteiger partial charge in [-0.25, -0.2) is 4.98 Å². The fourth-order valence-electron chi connectivity index (χ4n) is 3.26. The molecule has 0 radical (unpaired) electrons. The monoisotopic (exact) mass is 427 g/mol. The van der Waals surface area contributed by atoms with Crippen molar-refractivity contribution in [2.45, 2.75) is 37.4 Å². The quantitative estimate of drug-likeness (QED) is 0.670. The maximum atomic E-state index is 13.4. The van der Waals surface area contributed by atoms with E-state index in [1.807, 2.05) is 0 Å². The molecule has 8 nitrogen and oxygen atoms in total. The number of nitriles is 1. The molecule has 1 unspecified atom stereocenters. The summed E-state index contributed by atoms with van der Waals surface area (Å²) in [4.78, 5) is 22.5. The van der Waals surface area contributed by atoms with Gasteiger partial charge in [-0.1, -0.05) is 0 Å². The van der Waals surface area contributed by atoms with E-state index in [4.69, 9.17) is 0 Å². The fourth-order valence-corrected chi connectivity index (χ4v) is 3.26. The van der Waals surface area contributed by atoms with Gasteiger partial charge in [-0.05, 0) is 43.5 Å². The lowest BCUT2D eigenvalue weighted by molar-refractivity contribution is -0.137. The molecule has 0 aliphatic heterocycles. The van der Waals surface area contributed by atoms with Crippen molar-refractivity contribution in [1.29, 1.82) is 5.26 Å². The largest absolute Gasteiger partial charge is 0.416 e. The van der Waals surface area contributed by atoms with Crippen LogP contribution in [0.15, 0.2) is 43.0 Å². The van der Waals surface area contributed by atoms with Crippen LogP contribution in [0, 0.1) is 11.3 Å². The summed E-state index contributed by atoms with van der Waals surface area (Å²) in [6.45, 7) is 1.63. The minimum Gasteiger partial charge on any atom is -0.344 e. The van der Waals surface area contributed by atoms with Crippen molar-refractivity contribution in [3.63, 3.8) is 0 Å². The number of halogens is 3. The van der Waals surface area contributed by atoms with E-state index in [2.05, 4.69) is 31.6 Å². The van der Waals surface area contributed by atoms with Crippen LogP contribution >= 0.6 is 0 Å². The molecule has 2 aromatic heterocycles. The number of nitrogens with zero attached hydrogens (tertiary/aromatic N) is 6. The number of aromatic nitrogens is 5. The lowest BCUT2D eigenvalue weighted by Crippen LogP contribution is -2.29. The van der Waals surface area contributed by atoms with Crippen molar-refractivity contribution in [2.24, 2.45) is 0 Å². The first kappa shape index (κ1) is 20.5. The highest BCUT2D eigenvalue weighted by atomic mass is 19.4. The standard InChI is InChI=1S/C20H16F3N7O/c1-12(16-17(26-5-4-25-16)30-27-6-7-28-30)29-18(31)13-8-14(19(11-24)2-3-19)10-15(9-13)20(21,22)23/h4-10,12H,2-3H2,1H3,(H,29,31). The topological polar surface area (TPSA) is 109 Å². The molecule has 0 bridgehead atoms. The second-order valence-electron chi connectivity index (χ2n) is 7.27. The van der Waals surface area contributed by atoms with Crippen LogP contribution in [0.2, 0.25) is 0 Å². The number of rotatable bonds is 5. The van der Waals surface area contributed by atoms with Gasteiger partial charge in [-0.15, -0.1) is 4.80 Å². The molecule has 1 aliphatic carbocycles. The Morgan fingerprint density at radius 1 is 1.16 bits per heavy atom. The molecule has 1 N–H and O–H groups in total. The van der Waals surface area contributed by atoms with E-state index in [0.29, 0.717) is 18.5 Å². The van der Waals surface area contributed by atoms with Crippen molar-refractivity contribution in [3.8, 4) is 11.9 Å². The van der Waals surface area contributed by atoms with E-state index in [9.17, 15) is 23.2 Å². The van der Waals surface area contributed by atoms with E-state index >= 15 is 0 Å². The van der Waals surface area contributed by atoms with Gasteiger partial charge in [0.2, 0.25) is 0 Å². The van der Waals surface area contributed by atoms with E-state index in [0.717, 1.165) is 12.1 Å². The molecule has 1 aromatic carbocycles. The third-order valence-electron chi connectivity index (χ3n) is 5.11. The second-order valence-corrected chi connectivity index (χ2v) is 7.27. The molecule has 1 aliphatic rings. The zero-order chi connectivity index (χ0) is 22.2. The van der Waals surface area contributed by atoms with Crippen LogP contribution in [0.4, 0.5) is 13.2 Å². The van der Waals surface area contributed by atoms with Crippen LogP contribution in [-0.4, -0.2) is 30.9 Å². The number of hydrogen-bond acceptors (Lipinski definition) is 6. The molecule has 0 spiro atoms. The van der Waals surface area contributed by atoms with Crippen LogP contribution in [0.1, 0.15) is 53.0 Å². The zero-order valence-corrected chi connectivity index (χ0v) is 16.3. The van der Waals surface area contributed by atoms with Gasteiger partial charge in [0.25, 0.3) is 5.91 Å². The molecule has 11 heteroatoms. The van der Waals surface area contributed by atoms with Gasteiger partial charge in [-0.3, -0.25) is 9.78 Å². The van der Waals surface area contributed by atoms with Gasteiger partial charge in [-0.2, -0.15) is 28.6 Å². The van der Waals surface area contributed by atoms with Gasteiger partial charge < -0.3 is 5.32 Å². The van der Waals surface area contributed by atoms with E-state index in [1.165, 1.54) is 35.7 Å². The lowest BCUT2D eigenvalue weighted by atomic mass is 9.93. The minimum absolute atomic E-state index is 0.180. The third-order valence-corrected chi connectivity index (χ3v) is 5.11. The highest BCUT2D eigenvalue weighted by Crippen LogP contribution is 2.48. The molecule has 1 saturated carbocycles. The average molecular weight is 427 g/mol. The first-order valence-electron chi connectivity index (χ1n) is 9.36. The maximum Gasteiger partial charge on any atom is 0.416 e. The summed E-state index contributed by atoms with van der Waals surface area (Å²) in [6.07, 6.45) is 2.05. The van der Waals surface area contributed by atoms with Crippen molar-refractivity contribution in [1.82, 2.24) is 30.3 Å². The number of nitrogens with one attached hydrogen (secondary N) is 1. The normalized spacial score (nSPS) is 15.7. The van der Waals surface area contributed by atoms with Gasteiger partial charge in [0.1, 0.15) is 5.69 Å². The minimum atomic E-state index is -4.65. The number of hydrogen-bond donors (Lipinski definition) is 1. The number of benzene rings is 1. The molecule has 158 valence electrons. The Kier molecular flexibility index (Phi) is 4.93. The Morgan fingerprint density at radius 2 is 1.84 bits per heavy atom. The van der Waals surface area contributed by atoms with Gasteiger partial charge in [0.15, 0.2) is 5.82 Å². The molecule has 3 aromatic rings. The van der Waals surface area contributed by atoms with Gasteiger partial charge >= 0.3 is 6.18 Å². The number of carbonyl (C=O) groups excluding carboxylic acids is 1. The summed E-state index contributed by atoms with van der Waals surface area (Å²) in [5, 5.41) is 20.0. The Balaban J connectivity index is 1.65. The Hall–Kier alpha value is -3.81. The Morgan fingerprint density at radius 3 is 2.45 bits per heavy atom. The predicted octanol–water partition coefficient (Wildman–Crippen LogP) is 3.12. The van der Waals surface area contributed by atoms with Gasteiger partial charge in [0.05, 0.1) is 35.5 Å². The molecule has 2 heterocycles. The van der Waals surface area contributed by atoms with E-state index < -0.39 is 29.1 Å². The zero-order valence-electron chi connectivity index (χ0n) is 16.3. The number of alkyl halides is 3. The van der Waals surface area contributed by atoms with E-state index in [1.54, 1.807) is 6.92 Å². The molecule has 0 saturated heterocycles. The second kappa shape index (κ2) is 7.46. The van der Waals surface area contributed by atoms with E-state index in [-0.39, 0.29) is 16.9 Å². The summed E-state index contributed by atoms with van der Waals surface area (Å²) in [5.41, 5.74) is -1.57. The number of amides is 1. The molecule has 31 heavy (non-hydrogen) atoms. The highest BCUT2D eigenvalue weighted by molar-refractivity contribution is 5.95. The summed E-state index contributed by atoms with van der Waals surface area (Å²) in [5.74, 6) is -0.440. The summed E-state index contributed by atoms with van der Waals surface area (Å²) in [6, 6.07) is 4.44. The van der Waals surface area contributed by atoms with Crippen LogP contribution in [-0.2, 0) is 11.6 Å². The molecule has 1 atom stereocenters. The SMILES string of the molecule is CC(NC(=O)c1cc(C(F)(F)F)cc(C2(C#N)CC2)c1)c1nccnc1-n1nccn1. The third kappa shape index (κ3) is 3.96. The molecular formula is C20H16F3N7O. The van der Waals surface area contributed by atoms with Crippen molar-refractivity contribution in [3.05, 3.63) is 65.4 Å². The fraction of sp³-hybridized carbons (Fsp3) is 0.300. The van der Waals surface area contributed by atoms with Crippen molar-refractivity contribution >= 4 is 5.91 Å². The van der Waals surface area contributed by atoms with Crippen LogP contribution in [0.5, 0.6) is 0 Å². The molecular weight excluding hydrogens is 411 g/mol.